The molecule has 3 heterocycles. The highest BCUT2D eigenvalue weighted by Gasteiger charge is 2.22. The Bertz CT molecular complexity index is 978. The molecule has 0 bridgehead atoms. The van der Waals surface area contributed by atoms with E-state index in [1.54, 1.807) is 36.6 Å². The van der Waals surface area contributed by atoms with Crippen LogP contribution in [0.1, 0.15) is 24.5 Å². The molecule has 0 aliphatic carbocycles. The summed E-state index contributed by atoms with van der Waals surface area (Å²) in [4.78, 5) is 6.63. The van der Waals surface area contributed by atoms with Crippen LogP contribution >= 0.6 is 23.1 Å². The molecule has 1 unspecified atom stereocenters. The van der Waals surface area contributed by atoms with E-state index in [0.717, 1.165) is 38.2 Å². The number of aromatic nitrogens is 1. The minimum Gasteiger partial charge on any atom is -0.497 e. The zero-order valence-corrected chi connectivity index (χ0v) is 19.2. The third-order valence-electron chi connectivity index (χ3n) is 5.74. The Balaban J connectivity index is 1.28. The van der Waals surface area contributed by atoms with Crippen molar-refractivity contribution >= 4 is 34.0 Å². The Labute approximate surface area is 190 Å². The number of ether oxygens (including phenoxy) is 1. The van der Waals surface area contributed by atoms with Gasteiger partial charge >= 0.3 is 0 Å². The van der Waals surface area contributed by atoms with E-state index in [-0.39, 0.29) is 5.56 Å². The Morgan fingerprint density at radius 1 is 1.35 bits per heavy atom. The number of nitrogens with one attached hydrogen (secondary N) is 1. The van der Waals surface area contributed by atoms with Gasteiger partial charge in [0.05, 0.1) is 29.1 Å². The predicted octanol–water partition coefficient (Wildman–Crippen LogP) is 4.32. The molecule has 1 fully saturated rings. The SMILES string of the molecule is COc1ccc2ncc(F)c(C(O)CNC3CCN(CCSc4cccs4)CC3)c2c1. The first-order chi connectivity index (χ1) is 15.1. The van der Waals surface area contributed by atoms with E-state index in [2.05, 4.69) is 32.7 Å². The van der Waals surface area contributed by atoms with Crippen LogP contribution in [-0.2, 0) is 0 Å². The summed E-state index contributed by atoms with van der Waals surface area (Å²) in [6.07, 6.45) is 2.30. The lowest BCUT2D eigenvalue weighted by Crippen LogP contribution is -2.44. The molecule has 0 radical (unpaired) electrons. The molecule has 4 rings (SSSR count). The molecule has 5 nitrogen and oxygen atoms in total. The van der Waals surface area contributed by atoms with Crippen LogP contribution in [0.3, 0.4) is 0 Å². The minimum absolute atomic E-state index is 0.277. The number of thioether (sulfide) groups is 1. The smallest absolute Gasteiger partial charge is 0.147 e. The van der Waals surface area contributed by atoms with Gasteiger partial charge in [-0.3, -0.25) is 4.98 Å². The van der Waals surface area contributed by atoms with Crippen molar-refractivity contribution in [3.05, 3.63) is 53.3 Å². The van der Waals surface area contributed by atoms with Crippen LogP contribution in [0, 0.1) is 5.82 Å². The van der Waals surface area contributed by atoms with Crippen LogP contribution in [0.4, 0.5) is 4.39 Å². The number of halogens is 1. The third-order valence-corrected chi connectivity index (χ3v) is 7.85. The fourth-order valence-electron chi connectivity index (χ4n) is 4.00. The molecule has 166 valence electrons. The second-order valence-corrected chi connectivity index (χ2v) is 10.1. The minimum atomic E-state index is -0.946. The quantitative estimate of drug-likeness (QED) is 0.463. The molecule has 1 aliphatic heterocycles. The fraction of sp³-hybridized carbons (Fsp3) is 0.435. The summed E-state index contributed by atoms with van der Waals surface area (Å²) in [6.45, 7) is 3.49. The molecule has 1 saturated heterocycles. The van der Waals surface area contributed by atoms with Crippen molar-refractivity contribution < 1.29 is 14.2 Å². The van der Waals surface area contributed by atoms with E-state index < -0.39 is 11.9 Å². The number of piperidine rings is 1. The zero-order chi connectivity index (χ0) is 21.6. The number of hydrogen-bond donors (Lipinski definition) is 2. The van der Waals surface area contributed by atoms with Crippen molar-refractivity contribution in [1.82, 2.24) is 15.2 Å². The topological polar surface area (TPSA) is 57.6 Å². The summed E-state index contributed by atoms with van der Waals surface area (Å²) < 4.78 is 21.2. The zero-order valence-electron chi connectivity index (χ0n) is 17.6. The fourth-order valence-corrected chi connectivity index (χ4v) is 5.86. The van der Waals surface area contributed by atoms with E-state index in [1.807, 2.05) is 11.8 Å². The molecule has 2 N–H and O–H groups in total. The molecular formula is C23H28FN3O2S2. The van der Waals surface area contributed by atoms with Gasteiger partial charge < -0.3 is 20.1 Å². The standard InChI is InChI=1S/C23H28FN3O2S2/c1-29-17-4-5-20-18(13-17)23(19(24)14-26-20)21(28)15-25-16-6-8-27(9-7-16)10-12-31-22-3-2-11-30-22/h2-5,11,13-14,16,21,25,28H,6-10,12,15H2,1H3. The molecule has 3 aromatic rings. The summed E-state index contributed by atoms with van der Waals surface area (Å²) >= 11 is 3.71. The maximum absolute atomic E-state index is 14.5. The van der Waals surface area contributed by atoms with Crippen molar-refractivity contribution in [3.8, 4) is 5.75 Å². The van der Waals surface area contributed by atoms with Gasteiger partial charge in [-0.05, 0) is 55.6 Å². The lowest BCUT2D eigenvalue weighted by molar-refractivity contribution is 0.151. The molecule has 2 aromatic heterocycles. The van der Waals surface area contributed by atoms with Crippen LogP contribution < -0.4 is 10.1 Å². The number of aliphatic hydroxyl groups is 1. The average molecular weight is 462 g/mol. The van der Waals surface area contributed by atoms with Gasteiger partial charge in [-0.25, -0.2) is 4.39 Å². The monoisotopic (exact) mass is 461 g/mol. The first kappa shape index (κ1) is 22.5. The number of fused-ring (bicyclic) bond motifs is 1. The molecule has 31 heavy (non-hydrogen) atoms. The van der Waals surface area contributed by atoms with Crippen LogP contribution in [0.5, 0.6) is 5.75 Å². The van der Waals surface area contributed by atoms with Crippen LogP contribution in [0.2, 0.25) is 0 Å². The van der Waals surface area contributed by atoms with Crippen molar-refractivity contribution in [3.63, 3.8) is 0 Å². The number of likely N-dealkylation sites (tertiary alicyclic amines) is 1. The Morgan fingerprint density at radius 2 is 2.19 bits per heavy atom. The van der Waals surface area contributed by atoms with E-state index in [1.165, 1.54) is 10.4 Å². The molecule has 0 amide bonds. The van der Waals surface area contributed by atoms with Crippen molar-refractivity contribution in [1.29, 1.82) is 0 Å². The molecule has 1 atom stereocenters. The van der Waals surface area contributed by atoms with Gasteiger partial charge in [-0.1, -0.05) is 6.07 Å². The largest absolute Gasteiger partial charge is 0.497 e. The van der Waals surface area contributed by atoms with E-state index in [4.69, 9.17) is 4.74 Å². The van der Waals surface area contributed by atoms with Crippen LogP contribution in [-0.4, -0.2) is 60.1 Å². The second-order valence-electron chi connectivity index (χ2n) is 7.72. The number of pyridine rings is 1. The molecule has 0 saturated carbocycles. The van der Waals surface area contributed by atoms with Gasteiger partial charge in [0.2, 0.25) is 0 Å². The summed E-state index contributed by atoms with van der Waals surface area (Å²) in [5, 5.41) is 16.9. The lowest BCUT2D eigenvalue weighted by Gasteiger charge is -2.32. The second kappa shape index (κ2) is 10.7. The Kier molecular flexibility index (Phi) is 7.79. The third kappa shape index (κ3) is 5.75. The number of hydrogen-bond acceptors (Lipinski definition) is 7. The van der Waals surface area contributed by atoms with E-state index >= 15 is 0 Å². The molecule has 8 heteroatoms. The van der Waals surface area contributed by atoms with Gasteiger partial charge in [0.1, 0.15) is 11.6 Å². The van der Waals surface area contributed by atoms with Gasteiger partial charge in [0, 0.05) is 35.8 Å². The van der Waals surface area contributed by atoms with Crippen molar-refractivity contribution in [2.45, 2.75) is 29.2 Å². The Morgan fingerprint density at radius 3 is 2.94 bits per heavy atom. The van der Waals surface area contributed by atoms with Crippen molar-refractivity contribution in [2.24, 2.45) is 0 Å². The maximum Gasteiger partial charge on any atom is 0.147 e. The number of aliphatic hydroxyl groups excluding tert-OH is 1. The average Bonchev–Trinajstić information content (AvgIpc) is 3.31. The van der Waals surface area contributed by atoms with Gasteiger partial charge in [-0.15, -0.1) is 23.1 Å². The maximum atomic E-state index is 14.5. The Hall–Kier alpha value is -1.71. The number of rotatable bonds is 9. The number of methoxy groups -OCH3 is 1. The molecule has 1 aromatic carbocycles. The molecule has 0 spiro atoms. The number of thiophene rings is 1. The van der Waals surface area contributed by atoms with Gasteiger partial charge in [-0.2, -0.15) is 0 Å². The number of nitrogens with zero attached hydrogens (tertiary/aromatic N) is 2. The highest BCUT2D eigenvalue weighted by Crippen LogP contribution is 2.29. The summed E-state index contributed by atoms with van der Waals surface area (Å²) in [5.74, 6) is 1.23. The highest BCUT2D eigenvalue weighted by atomic mass is 32.2. The molecular weight excluding hydrogens is 433 g/mol. The first-order valence-electron chi connectivity index (χ1n) is 10.6. The summed E-state index contributed by atoms with van der Waals surface area (Å²) in [7, 11) is 1.57. The van der Waals surface area contributed by atoms with Gasteiger partial charge in [0.25, 0.3) is 0 Å². The van der Waals surface area contributed by atoms with Crippen LogP contribution in [0.15, 0.2) is 46.1 Å². The summed E-state index contributed by atoms with van der Waals surface area (Å²) in [5.41, 5.74) is 0.921. The lowest BCUT2D eigenvalue weighted by atomic mass is 10.0. The van der Waals surface area contributed by atoms with E-state index in [9.17, 15) is 9.50 Å². The first-order valence-corrected chi connectivity index (χ1v) is 12.4. The number of benzene rings is 1. The van der Waals surface area contributed by atoms with Crippen molar-refractivity contribution in [2.75, 3.05) is 39.0 Å². The predicted molar refractivity (Wildman–Crippen MR) is 126 cm³/mol. The summed E-state index contributed by atoms with van der Waals surface area (Å²) in [6, 6.07) is 9.90. The molecule has 1 aliphatic rings. The van der Waals surface area contributed by atoms with E-state index in [0.29, 0.717) is 29.2 Å². The van der Waals surface area contributed by atoms with Gasteiger partial charge in [0.15, 0.2) is 0 Å². The highest BCUT2D eigenvalue weighted by molar-refractivity contribution is 8.01. The van der Waals surface area contributed by atoms with Crippen LogP contribution in [0.25, 0.3) is 10.9 Å². The normalized spacial score (nSPS) is 16.6.